The fourth-order valence-electron chi connectivity index (χ4n) is 1.46. The molecule has 0 bridgehead atoms. The number of nitro groups is 1. The Balaban J connectivity index is 3.55. The molecule has 0 spiro atoms. The van der Waals surface area contributed by atoms with E-state index < -0.39 is 10.5 Å². The molecule has 7 nitrogen and oxygen atoms in total. The number of hydrogen-bond acceptors (Lipinski definition) is 6. The van der Waals surface area contributed by atoms with Gasteiger partial charge in [-0.2, -0.15) is 15.8 Å². The van der Waals surface area contributed by atoms with Gasteiger partial charge in [-0.3, -0.25) is 10.1 Å². The third kappa shape index (κ3) is 3.38. The molecule has 1 N–H and O–H groups in total. The number of hydrogen-bond donors (Lipinski definition) is 1. The van der Waals surface area contributed by atoms with Crippen LogP contribution in [0.4, 0.5) is 11.4 Å². The summed E-state index contributed by atoms with van der Waals surface area (Å²) in [6.07, 6.45) is 0. The highest BCUT2D eigenvalue weighted by molar-refractivity contribution is 9.11. The fraction of sp³-hybridized carbons (Fsp3) is 0.0833. The lowest BCUT2D eigenvalue weighted by molar-refractivity contribution is -0.386. The molecule has 0 aliphatic carbocycles. The smallest absolute Gasteiger partial charge is 0.299 e. The van der Waals surface area contributed by atoms with E-state index in [4.69, 9.17) is 15.8 Å². The average molecular weight is 411 g/mol. The van der Waals surface area contributed by atoms with Crippen LogP contribution in [0.25, 0.3) is 0 Å². The summed E-state index contributed by atoms with van der Waals surface area (Å²) >= 11 is 6.19. The summed E-state index contributed by atoms with van der Waals surface area (Å²) in [6, 6.07) is 6.36. The first-order valence-electron chi connectivity index (χ1n) is 5.21. The molecule has 1 aromatic carbocycles. The van der Waals surface area contributed by atoms with Crippen molar-refractivity contribution < 1.29 is 4.92 Å². The fourth-order valence-corrected chi connectivity index (χ4v) is 3.18. The predicted octanol–water partition coefficient (Wildman–Crippen LogP) is 3.66. The lowest BCUT2D eigenvalue weighted by atomic mass is 10.1. The molecule has 0 radical (unpaired) electrons. The molecule has 0 unspecified atom stereocenters. The quantitative estimate of drug-likeness (QED) is 0.460. The number of nitrogens with zero attached hydrogens (tertiary/aromatic N) is 4. The monoisotopic (exact) mass is 409 g/mol. The van der Waals surface area contributed by atoms with Gasteiger partial charge in [-0.15, -0.1) is 0 Å². The van der Waals surface area contributed by atoms with Gasteiger partial charge in [-0.05, 0) is 50.4 Å². The second-order valence-electron chi connectivity index (χ2n) is 3.68. The van der Waals surface area contributed by atoms with Crippen LogP contribution < -0.4 is 5.32 Å². The van der Waals surface area contributed by atoms with Crippen molar-refractivity contribution in [3.05, 3.63) is 42.0 Å². The average Bonchev–Trinajstić information content (AvgIpc) is 2.41. The van der Waals surface area contributed by atoms with Crippen molar-refractivity contribution in [2.24, 2.45) is 0 Å². The van der Waals surface area contributed by atoms with E-state index in [-0.39, 0.29) is 26.0 Å². The van der Waals surface area contributed by atoms with E-state index in [1.165, 1.54) is 6.07 Å². The van der Waals surface area contributed by atoms with E-state index in [9.17, 15) is 10.1 Å². The molecule has 0 aliphatic rings. The van der Waals surface area contributed by atoms with Crippen molar-refractivity contribution in [3.63, 3.8) is 0 Å². The van der Waals surface area contributed by atoms with Gasteiger partial charge in [0, 0.05) is 0 Å². The van der Waals surface area contributed by atoms with Crippen LogP contribution in [0, 0.1) is 51.0 Å². The highest BCUT2D eigenvalue weighted by Gasteiger charge is 2.23. The number of anilines is 1. The zero-order valence-electron chi connectivity index (χ0n) is 10.4. The molecule has 0 aliphatic heterocycles. The van der Waals surface area contributed by atoms with E-state index in [0.29, 0.717) is 5.56 Å². The first-order valence-corrected chi connectivity index (χ1v) is 6.80. The Morgan fingerprint density at radius 1 is 1.29 bits per heavy atom. The number of nitriles is 3. The molecule has 9 heteroatoms. The minimum atomic E-state index is -0.593. The molecule has 1 rings (SSSR count). The molecule has 0 saturated heterocycles. The molecule has 21 heavy (non-hydrogen) atoms. The minimum Gasteiger partial charge on any atom is -0.344 e. The van der Waals surface area contributed by atoms with Gasteiger partial charge in [0.1, 0.15) is 28.4 Å². The predicted molar refractivity (Wildman–Crippen MR) is 80.7 cm³/mol. The molecule has 0 saturated carbocycles. The number of nitro benzene ring substituents is 1. The van der Waals surface area contributed by atoms with E-state index in [1.54, 1.807) is 25.1 Å². The third-order valence-electron chi connectivity index (χ3n) is 2.41. The second kappa shape index (κ2) is 6.85. The summed E-state index contributed by atoms with van der Waals surface area (Å²) in [5.74, 6) is 0. The maximum Gasteiger partial charge on any atom is 0.299 e. The Kier molecular flexibility index (Phi) is 5.43. The Hall–Kier alpha value is -2.41. The number of aryl methyl sites for hydroxylation is 1. The highest BCUT2D eigenvalue weighted by Crippen LogP contribution is 2.41. The minimum absolute atomic E-state index is 0.113. The first-order chi connectivity index (χ1) is 9.87. The van der Waals surface area contributed by atoms with Crippen molar-refractivity contribution in [2.75, 3.05) is 5.32 Å². The largest absolute Gasteiger partial charge is 0.344 e. The molecule has 1 aromatic rings. The van der Waals surface area contributed by atoms with Gasteiger partial charge in [0.2, 0.25) is 0 Å². The van der Waals surface area contributed by atoms with Crippen molar-refractivity contribution in [2.45, 2.75) is 6.92 Å². The topological polar surface area (TPSA) is 127 Å². The summed E-state index contributed by atoms with van der Waals surface area (Å²) in [5, 5.41) is 40.2. The van der Waals surface area contributed by atoms with Gasteiger partial charge < -0.3 is 5.32 Å². The summed E-state index contributed by atoms with van der Waals surface area (Å²) in [5.41, 5.74) is -0.0857. The summed E-state index contributed by atoms with van der Waals surface area (Å²) < 4.78 is 0.382. The van der Waals surface area contributed by atoms with Gasteiger partial charge in [0.25, 0.3) is 5.69 Å². The number of nitrogens with one attached hydrogen (secondary N) is 1. The Morgan fingerprint density at radius 3 is 2.29 bits per heavy atom. The van der Waals surface area contributed by atoms with Crippen LogP contribution in [0.1, 0.15) is 5.56 Å². The van der Waals surface area contributed by atoms with Gasteiger partial charge in [-0.25, -0.2) is 0 Å². The summed E-state index contributed by atoms with van der Waals surface area (Å²) in [6.45, 7) is 1.66. The Labute approximate surface area is 136 Å². The van der Waals surface area contributed by atoms with Crippen LogP contribution in [0.2, 0.25) is 0 Å². The van der Waals surface area contributed by atoms with E-state index in [2.05, 4.69) is 37.2 Å². The molecule has 0 aromatic heterocycles. The van der Waals surface area contributed by atoms with Gasteiger partial charge >= 0.3 is 0 Å². The molecule has 0 atom stereocenters. The van der Waals surface area contributed by atoms with Crippen LogP contribution in [0.5, 0.6) is 0 Å². The lowest BCUT2D eigenvalue weighted by Gasteiger charge is -2.12. The molecule has 0 heterocycles. The normalized spacial score (nSPS) is 8.95. The van der Waals surface area contributed by atoms with Gasteiger partial charge in [0.05, 0.1) is 15.1 Å². The number of allylic oxidation sites excluding steroid dienone is 2. The molecular weight excluding hydrogens is 406 g/mol. The SMILES string of the molecule is Cc1cc(Br)c([N+](=O)[O-])c(Br)c1NC(C#N)=C(C#N)C#N. The zero-order chi connectivity index (χ0) is 16.2. The number of benzene rings is 1. The van der Waals surface area contributed by atoms with E-state index >= 15 is 0 Å². The zero-order valence-corrected chi connectivity index (χ0v) is 13.6. The van der Waals surface area contributed by atoms with Crippen molar-refractivity contribution in [3.8, 4) is 18.2 Å². The van der Waals surface area contributed by atoms with Crippen LogP contribution in [-0.4, -0.2) is 4.92 Å². The van der Waals surface area contributed by atoms with Gasteiger partial charge in [-0.1, -0.05) is 0 Å². The van der Waals surface area contributed by atoms with Crippen molar-refractivity contribution in [1.29, 1.82) is 15.8 Å². The van der Waals surface area contributed by atoms with Crippen LogP contribution in [0.3, 0.4) is 0 Å². The maximum atomic E-state index is 11.0. The van der Waals surface area contributed by atoms with Crippen molar-refractivity contribution >= 4 is 43.2 Å². The summed E-state index contributed by atoms with van der Waals surface area (Å²) in [7, 11) is 0. The number of halogens is 2. The van der Waals surface area contributed by atoms with Gasteiger partial charge in [0.15, 0.2) is 5.57 Å². The van der Waals surface area contributed by atoms with Crippen LogP contribution in [0.15, 0.2) is 26.3 Å². The highest BCUT2D eigenvalue weighted by atomic mass is 79.9. The molecule has 0 fully saturated rings. The molecule has 0 amide bonds. The van der Waals surface area contributed by atoms with E-state index in [1.807, 2.05) is 0 Å². The van der Waals surface area contributed by atoms with Crippen LogP contribution in [-0.2, 0) is 0 Å². The second-order valence-corrected chi connectivity index (χ2v) is 5.33. The third-order valence-corrected chi connectivity index (χ3v) is 3.79. The number of rotatable bonds is 3. The Morgan fingerprint density at radius 2 is 1.86 bits per heavy atom. The first kappa shape index (κ1) is 16.6. The van der Waals surface area contributed by atoms with Crippen molar-refractivity contribution in [1.82, 2.24) is 0 Å². The molecular formula is C12H5Br2N5O2. The van der Waals surface area contributed by atoms with E-state index in [0.717, 1.165) is 0 Å². The maximum absolute atomic E-state index is 11.0. The molecule has 104 valence electrons. The van der Waals surface area contributed by atoms with Crippen LogP contribution >= 0.6 is 31.9 Å². The lowest BCUT2D eigenvalue weighted by Crippen LogP contribution is -2.05. The summed E-state index contributed by atoms with van der Waals surface area (Å²) in [4.78, 5) is 10.5. The standard InChI is InChI=1S/C12H5Br2N5O2/c1-6-2-8(13)12(19(20)21)10(14)11(6)18-9(5-17)7(3-15)4-16/h2,18H,1H3. The Bertz CT molecular complexity index is 765.